The highest BCUT2D eigenvalue weighted by Gasteiger charge is 2.70. The molecule has 2 N–H and O–H groups in total. The first kappa shape index (κ1) is 21.2. The lowest BCUT2D eigenvalue weighted by Gasteiger charge is -2.63. The van der Waals surface area contributed by atoms with Crippen molar-refractivity contribution in [3.8, 4) is 11.5 Å². The molecule has 5 unspecified atom stereocenters. The molecule has 1 aromatic carbocycles. The molecule has 2 bridgehead atoms. The SMILES string of the molecule is COC1C(C(C)(O)C(C)(C)C)CC2C3Cc4ccc(O)c5c4[C@]2(CCN3CC2CC2)[C@@H]1O5. The van der Waals surface area contributed by atoms with E-state index in [0.29, 0.717) is 17.7 Å². The zero-order valence-electron chi connectivity index (χ0n) is 20.2. The third-order valence-corrected chi connectivity index (χ3v) is 10.2. The molecule has 3 fully saturated rings. The molecule has 2 aliphatic heterocycles. The summed E-state index contributed by atoms with van der Waals surface area (Å²) < 4.78 is 12.9. The Morgan fingerprint density at radius 2 is 1.97 bits per heavy atom. The van der Waals surface area contributed by atoms with Gasteiger partial charge in [-0.25, -0.2) is 0 Å². The van der Waals surface area contributed by atoms with Crippen molar-refractivity contribution in [3.05, 3.63) is 23.3 Å². The smallest absolute Gasteiger partial charge is 0.165 e. The number of ether oxygens (including phenoxy) is 2. The lowest BCUT2D eigenvalue weighted by Crippen LogP contribution is -2.71. The molecule has 2 saturated carbocycles. The molecule has 6 rings (SSSR count). The minimum atomic E-state index is -0.897. The monoisotopic (exact) mass is 441 g/mol. The molecule has 1 aromatic rings. The van der Waals surface area contributed by atoms with Gasteiger partial charge in [-0.15, -0.1) is 0 Å². The summed E-state index contributed by atoms with van der Waals surface area (Å²) in [4.78, 5) is 2.76. The van der Waals surface area contributed by atoms with E-state index < -0.39 is 5.60 Å². The first-order chi connectivity index (χ1) is 15.1. The largest absolute Gasteiger partial charge is 0.504 e. The van der Waals surface area contributed by atoms with E-state index >= 15 is 0 Å². The Kier molecular flexibility index (Phi) is 4.41. The second-order valence-electron chi connectivity index (χ2n) is 12.5. The lowest BCUT2D eigenvalue weighted by atomic mass is 9.47. The second kappa shape index (κ2) is 6.64. The number of phenolic OH excluding ortho intramolecular Hbond substituents is 1. The number of phenols is 1. The number of likely N-dealkylation sites (tertiary alicyclic amines) is 1. The van der Waals surface area contributed by atoms with Crippen LogP contribution in [0.4, 0.5) is 0 Å². The summed E-state index contributed by atoms with van der Waals surface area (Å²) in [5.41, 5.74) is 1.29. The van der Waals surface area contributed by atoms with E-state index in [1.54, 1.807) is 7.11 Å². The topological polar surface area (TPSA) is 62.2 Å². The second-order valence-corrected chi connectivity index (χ2v) is 12.5. The molecule has 0 amide bonds. The molecule has 5 heteroatoms. The van der Waals surface area contributed by atoms with E-state index in [4.69, 9.17) is 9.47 Å². The van der Waals surface area contributed by atoms with Gasteiger partial charge in [0.05, 0.1) is 5.60 Å². The Hall–Kier alpha value is -1.30. The summed E-state index contributed by atoms with van der Waals surface area (Å²) in [5.74, 6) is 2.17. The number of nitrogens with zero attached hydrogens (tertiary/aromatic N) is 1. The molecule has 5 aliphatic rings. The van der Waals surface area contributed by atoms with Crippen LogP contribution in [0, 0.1) is 23.2 Å². The number of piperidine rings is 1. The molecule has 2 heterocycles. The molecule has 1 saturated heterocycles. The van der Waals surface area contributed by atoms with Crippen molar-refractivity contribution >= 4 is 0 Å². The molecule has 32 heavy (non-hydrogen) atoms. The van der Waals surface area contributed by atoms with Crippen molar-refractivity contribution < 1.29 is 19.7 Å². The third kappa shape index (κ3) is 2.62. The molecule has 1 spiro atoms. The van der Waals surface area contributed by atoms with Crippen LogP contribution in [0.2, 0.25) is 0 Å². The van der Waals surface area contributed by atoms with Gasteiger partial charge in [0, 0.05) is 36.6 Å². The normalized spacial score (nSPS) is 39.9. The van der Waals surface area contributed by atoms with E-state index in [0.717, 1.165) is 31.7 Å². The van der Waals surface area contributed by atoms with Crippen molar-refractivity contribution in [2.24, 2.45) is 23.2 Å². The van der Waals surface area contributed by atoms with Crippen LogP contribution in [0.3, 0.4) is 0 Å². The Labute approximate surface area is 192 Å². The number of aliphatic hydroxyl groups is 1. The maximum Gasteiger partial charge on any atom is 0.165 e. The van der Waals surface area contributed by atoms with E-state index in [-0.39, 0.29) is 34.7 Å². The quantitative estimate of drug-likeness (QED) is 0.743. The average Bonchev–Trinajstić information content (AvgIpc) is 3.48. The maximum atomic E-state index is 11.9. The first-order valence-electron chi connectivity index (χ1n) is 12.6. The fourth-order valence-corrected chi connectivity index (χ4v) is 7.82. The van der Waals surface area contributed by atoms with E-state index in [2.05, 4.69) is 31.7 Å². The Morgan fingerprint density at radius 3 is 2.62 bits per heavy atom. The summed E-state index contributed by atoms with van der Waals surface area (Å²) in [7, 11) is 1.77. The van der Waals surface area contributed by atoms with Crippen molar-refractivity contribution in [2.45, 2.75) is 89.1 Å². The van der Waals surface area contributed by atoms with E-state index in [9.17, 15) is 10.2 Å². The molecule has 0 radical (unpaired) electrons. The van der Waals surface area contributed by atoms with Gasteiger partial charge in [0.1, 0.15) is 12.2 Å². The molecular formula is C27H39NO4. The minimum Gasteiger partial charge on any atom is -0.504 e. The fraction of sp³-hybridized carbons (Fsp3) is 0.778. The first-order valence-corrected chi connectivity index (χ1v) is 12.6. The van der Waals surface area contributed by atoms with Crippen LogP contribution >= 0.6 is 0 Å². The number of hydrogen-bond acceptors (Lipinski definition) is 5. The minimum absolute atomic E-state index is 0.0306. The van der Waals surface area contributed by atoms with Gasteiger partial charge in [0.15, 0.2) is 11.5 Å². The number of hydrogen-bond donors (Lipinski definition) is 2. The number of methoxy groups -OCH3 is 1. The summed E-state index contributed by atoms with van der Waals surface area (Å²) in [6, 6.07) is 4.41. The Balaban J connectivity index is 1.50. The van der Waals surface area contributed by atoms with Crippen molar-refractivity contribution in [2.75, 3.05) is 20.2 Å². The number of aromatic hydroxyl groups is 1. The van der Waals surface area contributed by atoms with Crippen molar-refractivity contribution in [3.63, 3.8) is 0 Å². The predicted molar refractivity (Wildman–Crippen MR) is 123 cm³/mol. The molecule has 0 aromatic heterocycles. The number of benzene rings is 1. The van der Waals surface area contributed by atoms with Crippen LogP contribution < -0.4 is 4.74 Å². The summed E-state index contributed by atoms with van der Waals surface area (Å²) >= 11 is 0. The van der Waals surface area contributed by atoms with Gasteiger partial charge in [-0.05, 0) is 74.5 Å². The highest BCUT2D eigenvalue weighted by molar-refractivity contribution is 5.61. The highest BCUT2D eigenvalue weighted by atomic mass is 16.5. The van der Waals surface area contributed by atoms with Crippen LogP contribution in [0.5, 0.6) is 11.5 Å². The van der Waals surface area contributed by atoms with E-state index in [1.807, 2.05) is 13.0 Å². The zero-order chi connectivity index (χ0) is 22.6. The van der Waals surface area contributed by atoms with Gasteiger partial charge >= 0.3 is 0 Å². The zero-order valence-corrected chi connectivity index (χ0v) is 20.2. The van der Waals surface area contributed by atoms with Crippen LogP contribution in [-0.4, -0.2) is 59.2 Å². The summed E-state index contributed by atoms with van der Waals surface area (Å²) in [5, 5.41) is 22.7. The van der Waals surface area contributed by atoms with Crippen molar-refractivity contribution in [1.82, 2.24) is 4.90 Å². The molecule has 7 atom stereocenters. The van der Waals surface area contributed by atoms with Crippen LogP contribution in [0.25, 0.3) is 0 Å². The molecule has 176 valence electrons. The van der Waals surface area contributed by atoms with Crippen molar-refractivity contribution in [1.29, 1.82) is 0 Å². The van der Waals surface area contributed by atoms with Gasteiger partial charge in [-0.3, -0.25) is 4.90 Å². The molecule has 3 aliphatic carbocycles. The standard InChI is InChI=1S/C27H39NO4/c1-25(2,3)26(4,30)18-13-17-19-12-16-8-9-20(29)23-21(16)27(17,24(32-23)22(18)31-5)10-11-28(19)14-15-6-7-15/h8-9,15,17-19,22,24,29-30H,6-7,10-14H2,1-5H3/t17?,18?,19?,22?,24-,26?,27-/m1/s1. The maximum absolute atomic E-state index is 11.9. The van der Waals surface area contributed by atoms with Gasteiger partial charge in [0.2, 0.25) is 0 Å². The van der Waals surface area contributed by atoms with Crippen LogP contribution in [0.15, 0.2) is 12.1 Å². The predicted octanol–water partition coefficient (Wildman–Crippen LogP) is 3.88. The van der Waals surface area contributed by atoms with Gasteiger partial charge in [0.25, 0.3) is 0 Å². The summed E-state index contributed by atoms with van der Waals surface area (Å²) in [6.07, 6.45) is 5.34. The lowest BCUT2D eigenvalue weighted by molar-refractivity contribution is -0.206. The van der Waals surface area contributed by atoms with Gasteiger partial charge in [-0.1, -0.05) is 26.8 Å². The Morgan fingerprint density at radius 1 is 1.22 bits per heavy atom. The molecule has 5 nitrogen and oxygen atoms in total. The van der Waals surface area contributed by atoms with Gasteiger partial charge in [-0.2, -0.15) is 0 Å². The summed E-state index contributed by atoms with van der Waals surface area (Å²) in [6.45, 7) is 10.7. The third-order valence-electron chi connectivity index (χ3n) is 10.2. The Bertz CT molecular complexity index is 932. The van der Waals surface area contributed by atoms with E-state index in [1.165, 1.54) is 30.5 Å². The van der Waals surface area contributed by atoms with Crippen LogP contribution in [-0.2, 0) is 16.6 Å². The average molecular weight is 442 g/mol. The highest BCUT2D eigenvalue weighted by Crippen LogP contribution is 2.66. The van der Waals surface area contributed by atoms with Gasteiger partial charge < -0.3 is 19.7 Å². The molecular weight excluding hydrogens is 402 g/mol. The van der Waals surface area contributed by atoms with Crippen LogP contribution in [0.1, 0.15) is 64.5 Å². The number of rotatable bonds is 4. The fourth-order valence-electron chi connectivity index (χ4n) is 7.82.